The van der Waals surface area contributed by atoms with Gasteiger partial charge in [-0.25, -0.2) is 4.98 Å². The van der Waals surface area contributed by atoms with Gasteiger partial charge in [0.15, 0.2) is 12.7 Å². The minimum Gasteiger partial charge on any atom is -0.446 e. The van der Waals surface area contributed by atoms with Gasteiger partial charge in [0, 0.05) is 6.92 Å². The maximum Gasteiger partial charge on any atom is 0.410 e. The molecular formula is C8H7F2N5O3. The Labute approximate surface area is 98.4 Å². The zero-order valence-electron chi connectivity index (χ0n) is 9.08. The third-order valence-electron chi connectivity index (χ3n) is 1.99. The van der Waals surface area contributed by atoms with Gasteiger partial charge in [0.05, 0.1) is 5.10 Å². The molecule has 10 heteroatoms. The summed E-state index contributed by atoms with van der Waals surface area (Å²) in [4.78, 5) is 14.1. The summed E-state index contributed by atoms with van der Waals surface area (Å²) in [5.41, 5.74) is -0.515. The van der Waals surface area contributed by atoms with E-state index in [-0.39, 0.29) is 12.4 Å². The Bertz CT molecular complexity index is 573. The van der Waals surface area contributed by atoms with Crippen LogP contribution < -0.4 is 0 Å². The minimum atomic E-state index is -3.11. The first-order valence-electron chi connectivity index (χ1n) is 4.73. The number of aromatic nitrogens is 4. The third kappa shape index (κ3) is 2.47. The fraction of sp³-hybridized carbons (Fsp3) is 0.375. The van der Waals surface area contributed by atoms with E-state index < -0.39 is 22.4 Å². The molecule has 0 atom stereocenters. The highest BCUT2D eigenvalue weighted by molar-refractivity contribution is 5.08. The van der Waals surface area contributed by atoms with Crippen LogP contribution in [-0.2, 0) is 12.5 Å². The molecule has 96 valence electrons. The average Bonchev–Trinajstić information content (AvgIpc) is 2.85. The van der Waals surface area contributed by atoms with Crippen LogP contribution in [0.2, 0.25) is 0 Å². The fourth-order valence-electron chi connectivity index (χ4n) is 1.15. The molecule has 0 N–H and O–H groups in total. The van der Waals surface area contributed by atoms with Crippen LogP contribution in [0.15, 0.2) is 16.9 Å². The molecule has 0 saturated heterocycles. The van der Waals surface area contributed by atoms with Gasteiger partial charge in [-0.3, -0.25) is 0 Å². The van der Waals surface area contributed by atoms with Gasteiger partial charge in [-0.1, -0.05) is 4.80 Å². The Morgan fingerprint density at radius 3 is 2.83 bits per heavy atom. The number of halogens is 2. The van der Waals surface area contributed by atoms with Crippen molar-refractivity contribution in [1.29, 1.82) is 0 Å². The summed E-state index contributed by atoms with van der Waals surface area (Å²) in [6.45, 7) is 0.523. The number of rotatable bonds is 4. The fourth-order valence-corrected chi connectivity index (χ4v) is 1.15. The first-order chi connectivity index (χ1) is 8.36. The largest absolute Gasteiger partial charge is 0.446 e. The highest BCUT2D eigenvalue weighted by Crippen LogP contribution is 2.25. The van der Waals surface area contributed by atoms with Crippen LogP contribution in [-0.4, -0.2) is 24.9 Å². The molecule has 2 aromatic rings. The number of alkyl halides is 2. The molecule has 0 aromatic carbocycles. The maximum absolute atomic E-state index is 12.9. The third-order valence-corrected chi connectivity index (χ3v) is 1.99. The van der Waals surface area contributed by atoms with Gasteiger partial charge in [-0.15, -0.1) is 5.10 Å². The SMILES string of the molecule is CC(F)(F)c1coc(Cn2ncc([N+](=O)[O-])n2)n1. The summed E-state index contributed by atoms with van der Waals surface area (Å²) >= 11 is 0. The van der Waals surface area contributed by atoms with Gasteiger partial charge >= 0.3 is 5.82 Å². The van der Waals surface area contributed by atoms with Gasteiger partial charge < -0.3 is 14.5 Å². The first kappa shape index (κ1) is 12.1. The van der Waals surface area contributed by atoms with E-state index >= 15 is 0 Å². The molecule has 0 aliphatic rings. The van der Waals surface area contributed by atoms with E-state index in [1.165, 1.54) is 0 Å². The molecule has 0 unspecified atom stereocenters. The van der Waals surface area contributed by atoms with Crippen molar-refractivity contribution >= 4 is 5.82 Å². The van der Waals surface area contributed by atoms with Gasteiger partial charge in [0.2, 0.25) is 5.89 Å². The van der Waals surface area contributed by atoms with E-state index in [1.807, 2.05) is 0 Å². The minimum absolute atomic E-state index is 0.0583. The molecule has 0 amide bonds. The van der Waals surface area contributed by atoms with Crippen LogP contribution in [0.5, 0.6) is 0 Å². The van der Waals surface area contributed by atoms with Crippen molar-refractivity contribution in [3.05, 3.63) is 34.2 Å². The lowest BCUT2D eigenvalue weighted by atomic mass is 10.3. The van der Waals surface area contributed by atoms with Crippen LogP contribution in [0.1, 0.15) is 18.5 Å². The van der Waals surface area contributed by atoms with Crippen LogP contribution in [0.4, 0.5) is 14.6 Å². The van der Waals surface area contributed by atoms with E-state index in [2.05, 4.69) is 15.2 Å². The Morgan fingerprint density at radius 2 is 2.33 bits per heavy atom. The molecule has 2 aromatic heterocycles. The molecule has 18 heavy (non-hydrogen) atoms. The van der Waals surface area contributed by atoms with E-state index in [1.54, 1.807) is 0 Å². The molecule has 0 saturated carbocycles. The van der Waals surface area contributed by atoms with E-state index in [0.29, 0.717) is 6.92 Å². The quantitative estimate of drug-likeness (QED) is 0.606. The molecule has 0 fully saturated rings. The highest BCUT2D eigenvalue weighted by atomic mass is 19.3. The van der Waals surface area contributed by atoms with Gasteiger partial charge in [0.25, 0.3) is 5.92 Å². The second-order valence-corrected chi connectivity index (χ2v) is 3.51. The molecule has 0 aliphatic heterocycles. The number of nitrogens with zero attached hydrogens (tertiary/aromatic N) is 5. The molecule has 0 bridgehead atoms. The number of hydrogen-bond acceptors (Lipinski definition) is 6. The van der Waals surface area contributed by atoms with Crippen molar-refractivity contribution in [2.24, 2.45) is 0 Å². The first-order valence-corrected chi connectivity index (χ1v) is 4.73. The zero-order valence-corrected chi connectivity index (χ0v) is 9.08. The maximum atomic E-state index is 12.9. The average molecular weight is 259 g/mol. The second-order valence-electron chi connectivity index (χ2n) is 3.51. The lowest BCUT2D eigenvalue weighted by Gasteiger charge is -2.02. The van der Waals surface area contributed by atoms with E-state index in [9.17, 15) is 18.9 Å². The van der Waals surface area contributed by atoms with E-state index in [0.717, 1.165) is 17.3 Å². The Kier molecular flexibility index (Phi) is 2.77. The summed E-state index contributed by atoms with van der Waals surface area (Å²) < 4.78 is 30.5. The Balaban J connectivity index is 2.14. The number of hydrogen-bond donors (Lipinski definition) is 0. The molecular weight excluding hydrogens is 252 g/mol. The zero-order chi connectivity index (χ0) is 13.3. The highest BCUT2D eigenvalue weighted by Gasteiger charge is 2.29. The summed E-state index contributed by atoms with van der Waals surface area (Å²) in [5.74, 6) is -3.61. The monoisotopic (exact) mass is 259 g/mol. The van der Waals surface area contributed by atoms with Gasteiger partial charge in [-0.2, -0.15) is 8.78 Å². The molecule has 2 rings (SSSR count). The summed E-state index contributed by atoms with van der Waals surface area (Å²) in [6, 6.07) is 0. The molecule has 0 spiro atoms. The lowest BCUT2D eigenvalue weighted by Crippen LogP contribution is -2.09. The number of oxazole rings is 1. The van der Waals surface area contributed by atoms with Crippen molar-refractivity contribution in [3.63, 3.8) is 0 Å². The van der Waals surface area contributed by atoms with Crippen molar-refractivity contribution < 1.29 is 18.1 Å². The van der Waals surface area contributed by atoms with Crippen molar-refractivity contribution in [1.82, 2.24) is 20.0 Å². The lowest BCUT2D eigenvalue weighted by molar-refractivity contribution is -0.389. The molecule has 8 nitrogen and oxygen atoms in total. The summed E-state index contributed by atoms with van der Waals surface area (Å²) in [5, 5.41) is 17.4. The topological polar surface area (TPSA) is 99.9 Å². The standard InChI is InChI=1S/C8H7F2N5O3/c1-8(9,10)5-4-18-7(12-5)3-14-11-2-6(13-14)15(16)17/h2,4H,3H2,1H3. The van der Waals surface area contributed by atoms with Crippen molar-refractivity contribution in [3.8, 4) is 0 Å². The van der Waals surface area contributed by atoms with Gasteiger partial charge in [-0.05, 0) is 4.92 Å². The summed E-state index contributed by atoms with van der Waals surface area (Å²) in [6.07, 6.45) is 1.77. The van der Waals surface area contributed by atoms with Gasteiger partial charge in [0.1, 0.15) is 12.0 Å². The number of nitro groups is 1. The molecule has 0 radical (unpaired) electrons. The second kappa shape index (κ2) is 4.13. The summed E-state index contributed by atoms with van der Waals surface area (Å²) in [7, 11) is 0. The normalized spacial score (nSPS) is 11.7. The van der Waals surface area contributed by atoms with Crippen LogP contribution in [0, 0.1) is 10.1 Å². The van der Waals surface area contributed by atoms with Crippen LogP contribution >= 0.6 is 0 Å². The van der Waals surface area contributed by atoms with Crippen molar-refractivity contribution in [2.45, 2.75) is 19.4 Å². The van der Waals surface area contributed by atoms with Crippen molar-refractivity contribution in [2.75, 3.05) is 0 Å². The predicted molar refractivity (Wildman–Crippen MR) is 51.8 cm³/mol. The Morgan fingerprint density at radius 1 is 1.61 bits per heavy atom. The smallest absolute Gasteiger partial charge is 0.410 e. The van der Waals surface area contributed by atoms with Crippen LogP contribution in [0.25, 0.3) is 0 Å². The predicted octanol–water partition coefficient (Wildman–Crippen LogP) is 1.33. The van der Waals surface area contributed by atoms with E-state index in [4.69, 9.17) is 4.42 Å². The Hall–Kier alpha value is -2.39. The molecule has 0 aliphatic carbocycles. The van der Waals surface area contributed by atoms with Crippen LogP contribution in [0.3, 0.4) is 0 Å². The molecule has 2 heterocycles.